The fraction of sp³-hybridized carbons (Fsp3) is 0.158. The van der Waals surface area contributed by atoms with Gasteiger partial charge in [0, 0.05) is 0 Å². The van der Waals surface area contributed by atoms with Crippen LogP contribution in [0.2, 0.25) is 0 Å². The van der Waals surface area contributed by atoms with Crippen LogP contribution in [0.15, 0.2) is 48.7 Å². The van der Waals surface area contributed by atoms with E-state index in [0.717, 1.165) is 5.56 Å². The average molecular weight is 341 g/mol. The largest absolute Gasteiger partial charge is 0.319 e. The van der Waals surface area contributed by atoms with Gasteiger partial charge in [0.05, 0.1) is 28.8 Å². The number of nitrogens with one attached hydrogen (secondary N) is 1. The van der Waals surface area contributed by atoms with Crippen molar-refractivity contribution in [3.05, 3.63) is 77.1 Å². The Morgan fingerprint density at radius 1 is 1.16 bits per heavy atom. The quantitative estimate of drug-likeness (QED) is 0.770. The van der Waals surface area contributed by atoms with Crippen LogP contribution >= 0.6 is 0 Å². The fourth-order valence-electron chi connectivity index (χ4n) is 2.63. The average Bonchev–Trinajstić information content (AvgIpc) is 3.03. The molecule has 4 nitrogen and oxygen atoms in total. The fourth-order valence-corrected chi connectivity index (χ4v) is 2.63. The summed E-state index contributed by atoms with van der Waals surface area (Å²) in [7, 11) is 0. The number of anilines is 1. The molecule has 1 amide bonds. The number of rotatable bonds is 4. The van der Waals surface area contributed by atoms with Crippen LogP contribution in [-0.4, -0.2) is 15.7 Å². The summed E-state index contributed by atoms with van der Waals surface area (Å²) in [6, 6.07) is 10.4. The van der Waals surface area contributed by atoms with Crippen molar-refractivity contribution in [1.82, 2.24) is 9.78 Å². The van der Waals surface area contributed by atoms with Gasteiger partial charge in [0.2, 0.25) is 0 Å². The lowest BCUT2D eigenvalue weighted by Crippen LogP contribution is -2.15. The van der Waals surface area contributed by atoms with Crippen LogP contribution in [0.25, 0.3) is 5.69 Å². The molecular weight excluding hydrogens is 324 g/mol. The Hall–Kier alpha value is -3.02. The predicted octanol–water partition coefficient (Wildman–Crippen LogP) is 4.27. The highest BCUT2D eigenvalue weighted by atomic mass is 19.1. The normalized spacial score (nSPS) is 10.7. The summed E-state index contributed by atoms with van der Waals surface area (Å²) in [6.07, 6.45) is 1.97. The molecule has 3 aromatic rings. The van der Waals surface area contributed by atoms with E-state index in [9.17, 15) is 13.6 Å². The third kappa shape index (κ3) is 3.42. The van der Waals surface area contributed by atoms with Crippen molar-refractivity contribution in [2.45, 2.75) is 20.3 Å². The van der Waals surface area contributed by atoms with Crippen LogP contribution in [0.5, 0.6) is 0 Å². The second kappa shape index (κ2) is 6.84. The Morgan fingerprint density at radius 2 is 1.88 bits per heavy atom. The standard InChI is InChI=1S/C19H17F2N3O/c1-3-18-15(11-22-24(18)14-7-5-13(20)6-8-14)19(25)23-17-10-12(2)4-9-16(17)21/h4-11H,3H2,1-2H3,(H,23,25). The third-order valence-electron chi connectivity index (χ3n) is 3.89. The van der Waals surface area contributed by atoms with E-state index in [1.807, 2.05) is 13.8 Å². The molecule has 0 aliphatic heterocycles. The van der Waals surface area contributed by atoms with E-state index >= 15 is 0 Å². The lowest BCUT2D eigenvalue weighted by Gasteiger charge is -2.09. The van der Waals surface area contributed by atoms with Gasteiger partial charge < -0.3 is 5.32 Å². The molecule has 0 atom stereocenters. The Kier molecular flexibility index (Phi) is 4.61. The molecule has 0 saturated carbocycles. The number of aromatic nitrogens is 2. The topological polar surface area (TPSA) is 46.9 Å². The molecule has 6 heteroatoms. The molecule has 1 aromatic heterocycles. The molecule has 0 spiro atoms. The summed E-state index contributed by atoms with van der Waals surface area (Å²) >= 11 is 0. The predicted molar refractivity (Wildman–Crippen MR) is 92.0 cm³/mol. The Bertz CT molecular complexity index is 917. The lowest BCUT2D eigenvalue weighted by atomic mass is 10.1. The first kappa shape index (κ1) is 16.8. The van der Waals surface area contributed by atoms with Gasteiger partial charge in [0.25, 0.3) is 5.91 Å². The molecule has 128 valence electrons. The Balaban J connectivity index is 1.93. The number of carbonyl (C=O) groups excluding carboxylic acids is 1. The van der Waals surface area contributed by atoms with Crippen molar-refractivity contribution in [1.29, 1.82) is 0 Å². The minimum atomic E-state index is -0.497. The molecular formula is C19H17F2N3O. The third-order valence-corrected chi connectivity index (χ3v) is 3.89. The number of aryl methyl sites for hydroxylation is 1. The molecule has 1 N–H and O–H groups in total. The number of nitrogens with zero attached hydrogens (tertiary/aromatic N) is 2. The minimum Gasteiger partial charge on any atom is -0.319 e. The molecule has 0 bridgehead atoms. The van der Waals surface area contributed by atoms with E-state index < -0.39 is 11.7 Å². The molecule has 0 unspecified atom stereocenters. The van der Waals surface area contributed by atoms with E-state index in [0.29, 0.717) is 23.4 Å². The Morgan fingerprint density at radius 3 is 2.56 bits per heavy atom. The highest BCUT2D eigenvalue weighted by Crippen LogP contribution is 2.20. The van der Waals surface area contributed by atoms with Gasteiger partial charge >= 0.3 is 0 Å². The maximum atomic E-state index is 13.9. The van der Waals surface area contributed by atoms with Crippen molar-refractivity contribution in [3.8, 4) is 5.69 Å². The number of hydrogen-bond acceptors (Lipinski definition) is 2. The second-order valence-electron chi connectivity index (χ2n) is 5.68. The lowest BCUT2D eigenvalue weighted by molar-refractivity contribution is 0.102. The number of benzene rings is 2. The molecule has 0 saturated heterocycles. The van der Waals surface area contributed by atoms with Crippen molar-refractivity contribution in [3.63, 3.8) is 0 Å². The van der Waals surface area contributed by atoms with Crippen molar-refractivity contribution in [2.24, 2.45) is 0 Å². The zero-order valence-corrected chi connectivity index (χ0v) is 13.9. The van der Waals surface area contributed by atoms with Crippen LogP contribution in [0.1, 0.15) is 28.5 Å². The molecule has 0 aliphatic rings. The summed E-state index contributed by atoms with van der Waals surface area (Å²) in [5.74, 6) is -1.28. The van der Waals surface area contributed by atoms with Gasteiger partial charge in [-0.3, -0.25) is 4.79 Å². The summed E-state index contributed by atoms with van der Waals surface area (Å²) in [6.45, 7) is 3.71. The van der Waals surface area contributed by atoms with Crippen LogP contribution in [0, 0.1) is 18.6 Å². The minimum absolute atomic E-state index is 0.126. The maximum absolute atomic E-state index is 13.9. The van der Waals surface area contributed by atoms with Gasteiger partial charge in [0.15, 0.2) is 0 Å². The van der Waals surface area contributed by atoms with Crippen LogP contribution in [-0.2, 0) is 6.42 Å². The van der Waals surface area contributed by atoms with E-state index in [2.05, 4.69) is 10.4 Å². The summed E-state index contributed by atoms with van der Waals surface area (Å²) in [4.78, 5) is 12.6. The molecule has 0 aliphatic carbocycles. The SMILES string of the molecule is CCc1c(C(=O)Nc2cc(C)ccc2F)cnn1-c1ccc(F)cc1. The van der Waals surface area contributed by atoms with Gasteiger partial charge in [-0.2, -0.15) is 5.10 Å². The van der Waals surface area contributed by atoms with Crippen molar-refractivity contribution in [2.75, 3.05) is 5.32 Å². The van der Waals surface area contributed by atoms with Gasteiger partial charge in [-0.15, -0.1) is 0 Å². The summed E-state index contributed by atoms with van der Waals surface area (Å²) in [5, 5.41) is 6.82. The zero-order valence-electron chi connectivity index (χ0n) is 13.9. The molecule has 25 heavy (non-hydrogen) atoms. The van der Waals surface area contributed by atoms with E-state index in [4.69, 9.17) is 0 Å². The van der Waals surface area contributed by atoms with Gasteiger partial charge in [-0.05, 0) is 55.3 Å². The summed E-state index contributed by atoms with van der Waals surface area (Å²) < 4.78 is 28.6. The number of amides is 1. The van der Waals surface area contributed by atoms with Crippen molar-refractivity contribution >= 4 is 11.6 Å². The van der Waals surface area contributed by atoms with E-state index in [1.165, 1.54) is 24.4 Å². The van der Waals surface area contributed by atoms with E-state index in [1.54, 1.807) is 28.9 Å². The molecule has 0 fully saturated rings. The number of halogens is 2. The van der Waals surface area contributed by atoms with Gasteiger partial charge in [-0.25, -0.2) is 13.5 Å². The highest BCUT2D eigenvalue weighted by Gasteiger charge is 2.18. The maximum Gasteiger partial charge on any atom is 0.259 e. The molecule has 0 radical (unpaired) electrons. The molecule has 2 aromatic carbocycles. The number of carbonyl (C=O) groups is 1. The first-order valence-electron chi connectivity index (χ1n) is 7.90. The Labute approximate surface area is 144 Å². The monoisotopic (exact) mass is 341 g/mol. The van der Waals surface area contributed by atoms with Crippen LogP contribution < -0.4 is 5.32 Å². The first-order valence-corrected chi connectivity index (χ1v) is 7.90. The first-order chi connectivity index (χ1) is 12.0. The van der Waals surface area contributed by atoms with Crippen molar-refractivity contribution < 1.29 is 13.6 Å². The summed E-state index contributed by atoms with van der Waals surface area (Å²) in [5.41, 5.74) is 2.64. The van der Waals surface area contributed by atoms with Gasteiger partial charge in [0.1, 0.15) is 11.6 Å². The number of hydrogen-bond donors (Lipinski definition) is 1. The van der Waals surface area contributed by atoms with Gasteiger partial charge in [-0.1, -0.05) is 13.0 Å². The zero-order chi connectivity index (χ0) is 18.0. The van der Waals surface area contributed by atoms with E-state index in [-0.39, 0.29) is 11.5 Å². The second-order valence-corrected chi connectivity index (χ2v) is 5.68. The molecule has 1 heterocycles. The highest BCUT2D eigenvalue weighted by molar-refractivity contribution is 6.05. The molecule has 3 rings (SSSR count). The smallest absolute Gasteiger partial charge is 0.259 e. The van der Waals surface area contributed by atoms with Crippen LogP contribution in [0.3, 0.4) is 0 Å². The van der Waals surface area contributed by atoms with Crippen LogP contribution in [0.4, 0.5) is 14.5 Å².